The number of ether oxygens (including phenoxy) is 1. The summed E-state index contributed by atoms with van der Waals surface area (Å²) >= 11 is 0. The molecule has 0 aliphatic carbocycles. The minimum Gasteiger partial charge on any atom is -0.465 e. The van der Waals surface area contributed by atoms with Gasteiger partial charge in [0.25, 0.3) is 17.4 Å². The van der Waals surface area contributed by atoms with Gasteiger partial charge < -0.3 is 14.5 Å². The van der Waals surface area contributed by atoms with Crippen molar-refractivity contribution in [2.45, 2.75) is 26.0 Å². The number of carbonyl (C=O) groups is 2. The number of likely N-dealkylation sites (N-methyl/N-ethyl adjacent to an activating group) is 2. The van der Waals surface area contributed by atoms with Crippen LogP contribution in [0, 0.1) is 5.82 Å². The Morgan fingerprint density at radius 1 is 1.23 bits per heavy atom. The molecule has 2 amide bonds. The van der Waals surface area contributed by atoms with Gasteiger partial charge in [-0.15, -0.1) is 0 Å². The summed E-state index contributed by atoms with van der Waals surface area (Å²) in [5.41, 5.74) is -0.370. The number of hydrogen-bond donors (Lipinski definition) is 0. The van der Waals surface area contributed by atoms with Crippen molar-refractivity contribution in [3.05, 3.63) is 59.9 Å². The fourth-order valence-electron chi connectivity index (χ4n) is 3.19. The molecule has 1 atom stereocenters. The number of para-hydroxylation sites is 2. The number of carbonyl (C=O) groups excluding carboxylic acids is 2. The lowest BCUT2D eigenvalue weighted by Gasteiger charge is -2.40. The zero-order valence-corrected chi connectivity index (χ0v) is 15.0. The third kappa shape index (κ3) is 3.03. The molecular formula is C20H21FN2O3. The molecule has 2 aromatic rings. The third-order valence-corrected chi connectivity index (χ3v) is 4.50. The standard InChI is InChI=1S/C20H21FN2O3/c1-4-23-16-10-5-6-11-17(16)26-20(2,19(23)25)18(24)22(3)13-14-8-7-9-15(21)12-14/h5-12H,4,13H2,1-3H3. The van der Waals surface area contributed by atoms with Crippen LogP contribution in [0.25, 0.3) is 0 Å². The van der Waals surface area contributed by atoms with Crippen LogP contribution in [0.2, 0.25) is 0 Å². The van der Waals surface area contributed by atoms with Gasteiger partial charge >= 0.3 is 0 Å². The molecule has 0 saturated heterocycles. The Morgan fingerprint density at radius 3 is 2.65 bits per heavy atom. The van der Waals surface area contributed by atoms with Crippen molar-refractivity contribution in [1.82, 2.24) is 4.90 Å². The van der Waals surface area contributed by atoms with Crippen molar-refractivity contribution < 1.29 is 18.7 Å². The van der Waals surface area contributed by atoms with Crippen LogP contribution < -0.4 is 9.64 Å². The summed E-state index contributed by atoms with van der Waals surface area (Å²) in [5.74, 6) is -0.760. The molecule has 26 heavy (non-hydrogen) atoms. The highest BCUT2D eigenvalue weighted by molar-refractivity contribution is 6.16. The fraction of sp³-hybridized carbons (Fsp3) is 0.300. The first-order chi connectivity index (χ1) is 12.4. The number of anilines is 1. The van der Waals surface area contributed by atoms with Gasteiger partial charge in [0.05, 0.1) is 5.69 Å². The van der Waals surface area contributed by atoms with Crippen LogP contribution in [0.15, 0.2) is 48.5 Å². The highest BCUT2D eigenvalue weighted by atomic mass is 19.1. The predicted octanol–water partition coefficient (Wildman–Crippen LogP) is 2.99. The monoisotopic (exact) mass is 356 g/mol. The molecule has 0 fully saturated rings. The largest absolute Gasteiger partial charge is 0.465 e. The minimum absolute atomic E-state index is 0.177. The van der Waals surface area contributed by atoms with Gasteiger partial charge in [-0.05, 0) is 43.7 Å². The van der Waals surface area contributed by atoms with E-state index in [-0.39, 0.29) is 12.4 Å². The topological polar surface area (TPSA) is 49.9 Å². The molecule has 136 valence electrons. The van der Waals surface area contributed by atoms with Gasteiger partial charge in [-0.2, -0.15) is 0 Å². The van der Waals surface area contributed by atoms with Crippen LogP contribution in [0.4, 0.5) is 10.1 Å². The van der Waals surface area contributed by atoms with E-state index in [9.17, 15) is 14.0 Å². The maximum Gasteiger partial charge on any atom is 0.280 e. The molecule has 0 spiro atoms. The zero-order chi connectivity index (χ0) is 18.9. The predicted molar refractivity (Wildman–Crippen MR) is 96.4 cm³/mol. The first-order valence-corrected chi connectivity index (χ1v) is 8.47. The minimum atomic E-state index is -1.66. The number of halogens is 1. The molecule has 6 heteroatoms. The number of nitrogens with zero attached hydrogens (tertiary/aromatic N) is 2. The highest BCUT2D eigenvalue weighted by Gasteiger charge is 2.51. The normalized spacial score (nSPS) is 18.9. The van der Waals surface area contributed by atoms with Crippen molar-refractivity contribution in [3.63, 3.8) is 0 Å². The summed E-state index contributed by atoms with van der Waals surface area (Å²) in [5, 5.41) is 0. The van der Waals surface area contributed by atoms with Crippen molar-refractivity contribution in [1.29, 1.82) is 0 Å². The first kappa shape index (κ1) is 17.9. The molecule has 2 aromatic carbocycles. The second-order valence-corrected chi connectivity index (χ2v) is 6.44. The van der Waals surface area contributed by atoms with Gasteiger partial charge in [0, 0.05) is 20.1 Å². The zero-order valence-electron chi connectivity index (χ0n) is 15.0. The Morgan fingerprint density at radius 2 is 1.96 bits per heavy atom. The molecule has 0 bridgehead atoms. The van der Waals surface area contributed by atoms with Crippen molar-refractivity contribution in [2.75, 3.05) is 18.5 Å². The molecule has 0 N–H and O–H groups in total. The molecular weight excluding hydrogens is 335 g/mol. The number of rotatable bonds is 4. The number of amides is 2. The quantitative estimate of drug-likeness (QED) is 0.792. The average molecular weight is 356 g/mol. The lowest BCUT2D eigenvalue weighted by atomic mass is 9.99. The lowest BCUT2D eigenvalue weighted by molar-refractivity contribution is -0.155. The Kier molecular flexibility index (Phi) is 4.68. The summed E-state index contributed by atoms with van der Waals surface area (Å²) in [6.07, 6.45) is 0. The fourth-order valence-corrected chi connectivity index (χ4v) is 3.19. The van der Waals surface area contributed by atoms with Gasteiger partial charge in [-0.25, -0.2) is 4.39 Å². The lowest BCUT2D eigenvalue weighted by Crippen LogP contribution is -2.62. The Hall–Kier alpha value is -2.89. The van der Waals surface area contributed by atoms with E-state index in [1.807, 2.05) is 13.0 Å². The van der Waals surface area contributed by atoms with E-state index in [0.29, 0.717) is 23.5 Å². The highest BCUT2D eigenvalue weighted by Crippen LogP contribution is 2.38. The van der Waals surface area contributed by atoms with E-state index in [0.717, 1.165) is 0 Å². The molecule has 0 aromatic heterocycles. The smallest absolute Gasteiger partial charge is 0.280 e. The molecule has 0 radical (unpaired) electrons. The summed E-state index contributed by atoms with van der Waals surface area (Å²) < 4.78 is 19.2. The molecule has 1 aliphatic heterocycles. The SMILES string of the molecule is CCN1C(=O)C(C)(C(=O)N(C)Cc2cccc(F)c2)Oc2ccccc21. The van der Waals surface area contributed by atoms with Gasteiger partial charge in [0.2, 0.25) is 0 Å². The second-order valence-electron chi connectivity index (χ2n) is 6.44. The maximum absolute atomic E-state index is 13.4. The van der Waals surface area contributed by atoms with Crippen LogP contribution in [0.5, 0.6) is 5.75 Å². The summed E-state index contributed by atoms with van der Waals surface area (Å²) in [6, 6.07) is 13.2. The van der Waals surface area contributed by atoms with Crippen LogP contribution in [-0.4, -0.2) is 35.9 Å². The Labute approximate surface area is 152 Å². The van der Waals surface area contributed by atoms with E-state index < -0.39 is 17.4 Å². The van der Waals surface area contributed by atoms with Crippen LogP contribution in [-0.2, 0) is 16.1 Å². The van der Waals surface area contributed by atoms with Gasteiger partial charge in [0.15, 0.2) is 0 Å². The van der Waals surface area contributed by atoms with E-state index >= 15 is 0 Å². The van der Waals surface area contributed by atoms with Gasteiger partial charge in [0.1, 0.15) is 11.6 Å². The van der Waals surface area contributed by atoms with Crippen molar-refractivity contribution in [3.8, 4) is 5.75 Å². The average Bonchev–Trinajstić information content (AvgIpc) is 2.62. The Bertz CT molecular complexity index is 854. The molecule has 1 aliphatic rings. The number of benzene rings is 2. The van der Waals surface area contributed by atoms with E-state index in [1.54, 1.807) is 42.3 Å². The van der Waals surface area contributed by atoms with Gasteiger partial charge in [-0.1, -0.05) is 24.3 Å². The van der Waals surface area contributed by atoms with E-state index in [4.69, 9.17) is 4.74 Å². The molecule has 1 unspecified atom stereocenters. The van der Waals surface area contributed by atoms with Crippen LogP contribution in [0.3, 0.4) is 0 Å². The molecule has 1 heterocycles. The maximum atomic E-state index is 13.4. The summed E-state index contributed by atoms with van der Waals surface area (Å²) in [6.45, 7) is 3.94. The molecule has 5 nitrogen and oxygen atoms in total. The summed E-state index contributed by atoms with van der Waals surface area (Å²) in [7, 11) is 1.58. The van der Waals surface area contributed by atoms with Crippen molar-refractivity contribution >= 4 is 17.5 Å². The third-order valence-electron chi connectivity index (χ3n) is 4.50. The van der Waals surface area contributed by atoms with E-state index in [2.05, 4.69) is 0 Å². The number of fused-ring (bicyclic) bond motifs is 1. The van der Waals surface area contributed by atoms with Crippen LogP contribution >= 0.6 is 0 Å². The van der Waals surface area contributed by atoms with Gasteiger partial charge in [-0.3, -0.25) is 9.59 Å². The summed E-state index contributed by atoms with van der Waals surface area (Å²) in [4.78, 5) is 29.0. The van der Waals surface area contributed by atoms with E-state index in [1.165, 1.54) is 24.0 Å². The number of hydrogen-bond acceptors (Lipinski definition) is 3. The van der Waals surface area contributed by atoms with Crippen LogP contribution in [0.1, 0.15) is 19.4 Å². The molecule has 3 rings (SSSR count). The molecule has 0 saturated carbocycles. The van der Waals surface area contributed by atoms with Crippen molar-refractivity contribution in [2.24, 2.45) is 0 Å². The Balaban J connectivity index is 1.89. The first-order valence-electron chi connectivity index (χ1n) is 8.47. The second kappa shape index (κ2) is 6.78.